The van der Waals surface area contributed by atoms with Gasteiger partial charge in [0.2, 0.25) is 0 Å². The van der Waals surface area contributed by atoms with E-state index in [1.54, 1.807) is 29.4 Å². The number of carbonyl (C=O) groups is 1. The first kappa shape index (κ1) is 18.4. The maximum atomic E-state index is 14.0. The molecule has 2 aromatic heterocycles. The zero-order valence-corrected chi connectivity index (χ0v) is 16.0. The molecule has 0 bridgehead atoms. The molecule has 1 aromatic carbocycles. The average molecular weight is 374 g/mol. The molecule has 0 radical (unpaired) electrons. The SMILES string of the molecule is CCN(C(=O)c1cc(F)ccc1-c1cc(Cl)cn2c(C)ncc12)C(C)C. The Hall–Kier alpha value is -2.40. The van der Waals surface area contributed by atoms with Crippen LogP contribution in [0.15, 0.2) is 36.7 Å². The first-order valence-corrected chi connectivity index (χ1v) is 8.95. The molecule has 0 N–H and O–H groups in total. The minimum atomic E-state index is -0.445. The molecule has 3 rings (SSSR count). The second-order valence-electron chi connectivity index (χ2n) is 6.51. The van der Waals surface area contributed by atoms with Gasteiger partial charge < -0.3 is 9.30 Å². The maximum Gasteiger partial charge on any atom is 0.254 e. The van der Waals surface area contributed by atoms with Crippen molar-refractivity contribution in [1.82, 2.24) is 14.3 Å². The van der Waals surface area contributed by atoms with E-state index in [1.165, 1.54) is 12.1 Å². The van der Waals surface area contributed by atoms with Gasteiger partial charge in [-0.2, -0.15) is 0 Å². The summed E-state index contributed by atoms with van der Waals surface area (Å²) in [6.07, 6.45) is 3.51. The molecule has 0 fully saturated rings. The van der Waals surface area contributed by atoms with E-state index in [2.05, 4.69) is 4.98 Å². The van der Waals surface area contributed by atoms with Gasteiger partial charge in [0, 0.05) is 24.3 Å². The van der Waals surface area contributed by atoms with Crippen LogP contribution in [0.3, 0.4) is 0 Å². The van der Waals surface area contributed by atoms with Gasteiger partial charge in [0.05, 0.1) is 22.3 Å². The normalized spacial score (nSPS) is 11.3. The Balaban J connectivity index is 2.26. The molecule has 0 unspecified atom stereocenters. The van der Waals surface area contributed by atoms with Gasteiger partial charge in [-0.15, -0.1) is 0 Å². The quantitative estimate of drug-likeness (QED) is 0.647. The van der Waals surface area contributed by atoms with E-state index < -0.39 is 5.82 Å². The minimum absolute atomic E-state index is 0.0141. The molecule has 0 aliphatic heterocycles. The van der Waals surface area contributed by atoms with E-state index in [9.17, 15) is 9.18 Å². The second kappa shape index (κ2) is 7.08. The molecule has 1 amide bonds. The summed E-state index contributed by atoms with van der Waals surface area (Å²) in [5, 5.41) is 0.521. The number of pyridine rings is 1. The minimum Gasteiger partial charge on any atom is -0.336 e. The lowest BCUT2D eigenvalue weighted by Gasteiger charge is -2.26. The number of carbonyl (C=O) groups excluding carboxylic acids is 1. The number of amides is 1. The molecule has 6 heteroatoms. The molecule has 0 atom stereocenters. The molecule has 2 heterocycles. The van der Waals surface area contributed by atoms with Crippen molar-refractivity contribution in [2.24, 2.45) is 0 Å². The third kappa shape index (κ3) is 3.19. The lowest BCUT2D eigenvalue weighted by atomic mass is 9.98. The predicted octanol–water partition coefficient (Wildman–Crippen LogP) is 4.97. The fourth-order valence-electron chi connectivity index (χ4n) is 3.23. The number of nitrogens with zero attached hydrogens (tertiary/aromatic N) is 3. The van der Waals surface area contributed by atoms with E-state index in [0.29, 0.717) is 22.7 Å². The lowest BCUT2D eigenvalue weighted by molar-refractivity contribution is 0.0717. The van der Waals surface area contributed by atoms with Crippen LogP contribution in [0.25, 0.3) is 16.6 Å². The maximum absolute atomic E-state index is 14.0. The van der Waals surface area contributed by atoms with Crippen molar-refractivity contribution in [3.8, 4) is 11.1 Å². The van der Waals surface area contributed by atoms with Crippen LogP contribution < -0.4 is 0 Å². The Kier molecular flexibility index (Phi) is 5.01. The molecule has 0 aliphatic rings. The predicted molar refractivity (Wildman–Crippen MR) is 102 cm³/mol. The van der Waals surface area contributed by atoms with Crippen LogP contribution in [0, 0.1) is 12.7 Å². The second-order valence-corrected chi connectivity index (χ2v) is 6.94. The van der Waals surface area contributed by atoms with Crippen molar-refractivity contribution in [2.45, 2.75) is 33.7 Å². The standard InChI is InChI=1S/C20H21ClFN3O/c1-5-24(12(2)3)20(26)18-9-15(22)6-7-16(18)17-8-14(21)11-25-13(4)23-10-19(17)25/h6-12H,5H2,1-4H3. The molecule has 0 spiro atoms. The van der Waals surface area contributed by atoms with E-state index in [4.69, 9.17) is 11.6 Å². The molecular weight excluding hydrogens is 353 g/mol. The Morgan fingerprint density at radius 2 is 2.04 bits per heavy atom. The summed E-state index contributed by atoms with van der Waals surface area (Å²) in [6, 6.07) is 6.08. The van der Waals surface area contributed by atoms with Crippen LogP contribution in [0.5, 0.6) is 0 Å². The molecule has 26 heavy (non-hydrogen) atoms. The number of halogens is 2. The zero-order chi connectivity index (χ0) is 19.0. The summed E-state index contributed by atoms with van der Waals surface area (Å²) < 4.78 is 15.8. The largest absolute Gasteiger partial charge is 0.336 e. The highest BCUT2D eigenvalue weighted by Crippen LogP contribution is 2.32. The number of rotatable bonds is 4. The summed E-state index contributed by atoms with van der Waals surface area (Å²) in [7, 11) is 0. The highest BCUT2D eigenvalue weighted by Gasteiger charge is 2.23. The van der Waals surface area contributed by atoms with Crippen molar-refractivity contribution < 1.29 is 9.18 Å². The van der Waals surface area contributed by atoms with Crippen LogP contribution in [0.2, 0.25) is 5.02 Å². The number of imidazole rings is 1. The van der Waals surface area contributed by atoms with Crippen LogP contribution in [0.1, 0.15) is 37.0 Å². The van der Waals surface area contributed by atoms with Crippen LogP contribution in [-0.4, -0.2) is 32.8 Å². The van der Waals surface area contributed by atoms with Gasteiger partial charge in [-0.25, -0.2) is 9.37 Å². The number of aromatic nitrogens is 2. The monoisotopic (exact) mass is 373 g/mol. The van der Waals surface area contributed by atoms with Gasteiger partial charge in [0.25, 0.3) is 5.91 Å². The molecule has 0 aliphatic carbocycles. The van der Waals surface area contributed by atoms with Crippen molar-refractivity contribution in [3.63, 3.8) is 0 Å². The van der Waals surface area contributed by atoms with Crippen LogP contribution >= 0.6 is 11.6 Å². The van der Waals surface area contributed by atoms with Crippen molar-refractivity contribution >= 4 is 23.0 Å². The Bertz CT molecular complexity index is 981. The van der Waals surface area contributed by atoms with Crippen molar-refractivity contribution in [3.05, 3.63) is 58.9 Å². The smallest absolute Gasteiger partial charge is 0.254 e. The number of benzene rings is 1. The average Bonchev–Trinajstić information content (AvgIpc) is 2.95. The molecule has 0 saturated heterocycles. The zero-order valence-electron chi connectivity index (χ0n) is 15.3. The summed E-state index contributed by atoms with van der Waals surface area (Å²) in [4.78, 5) is 19.1. The Morgan fingerprint density at radius 3 is 2.69 bits per heavy atom. The first-order chi connectivity index (χ1) is 12.3. The molecule has 3 aromatic rings. The number of aryl methyl sites for hydroxylation is 1. The summed E-state index contributed by atoms with van der Waals surface area (Å²) in [5.74, 6) is 0.141. The number of hydrogen-bond acceptors (Lipinski definition) is 2. The fraction of sp³-hybridized carbons (Fsp3) is 0.300. The van der Waals surface area contributed by atoms with Crippen LogP contribution in [0.4, 0.5) is 4.39 Å². The van der Waals surface area contributed by atoms with Gasteiger partial charge in [0.1, 0.15) is 11.6 Å². The van der Waals surface area contributed by atoms with Gasteiger partial charge >= 0.3 is 0 Å². The number of fused-ring (bicyclic) bond motifs is 1. The first-order valence-electron chi connectivity index (χ1n) is 8.57. The number of hydrogen-bond donors (Lipinski definition) is 0. The summed E-state index contributed by atoms with van der Waals surface area (Å²) in [6.45, 7) is 8.22. The molecule has 4 nitrogen and oxygen atoms in total. The highest BCUT2D eigenvalue weighted by atomic mass is 35.5. The van der Waals surface area contributed by atoms with E-state index in [0.717, 1.165) is 16.9 Å². The molecule has 0 saturated carbocycles. The molecular formula is C20H21ClFN3O. The van der Waals surface area contributed by atoms with E-state index in [-0.39, 0.29) is 11.9 Å². The third-order valence-electron chi connectivity index (χ3n) is 4.52. The van der Waals surface area contributed by atoms with E-state index >= 15 is 0 Å². The van der Waals surface area contributed by atoms with Gasteiger partial charge in [-0.3, -0.25) is 4.79 Å². The fourth-order valence-corrected chi connectivity index (χ4v) is 3.44. The third-order valence-corrected chi connectivity index (χ3v) is 4.73. The van der Waals surface area contributed by atoms with Crippen LogP contribution in [-0.2, 0) is 0 Å². The van der Waals surface area contributed by atoms with Gasteiger partial charge in [0.15, 0.2) is 0 Å². The highest BCUT2D eigenvalue weighted by molar-refractivity contribution is 6.31. The van der Waals surface area contributed by atoms with Crippen molar-refractivity contribution in [2.75, 3.05) is 6.54 Å². The van der Waals surface area contributed by atoms with Gasteiger partial charge in [-0.05, 0) is 51.5 Å². The van der Waals surface area contributed by atoms with Gasteiger partial charge in [-0.1, -0.05) is 17.7 Å². The summed E-state index contributed by atoms with van der Waals surface area (Å²) in [5.41, 5.74) is 2.54. The lowest BCUT2D eigenvalue weighted by Crippen LogP contribution is -2.37. The molecule has 136 valence electrons. The Labute approximate surface area is 157 Å². The van der Waals surface area contributed by atoms with E-state index in [1.807, 2.05) is 32.1 Å². The summed E-state index contributed by atoms with van der Waals surface area (Å²) >= 11 is 6.29. The van der Waals surface area contributed by atoms with Crippen molar-refractivity contribution in [1.29, 1.82) is 0 Å². The topological polar surface area (TPSA) is 37.6 Å². The Morgan fingerprint density at radius 1 is 1.31 bits per heavy atom.